The lowest BCUT2D eigenvalue weighted by Crippen LogP contribution is -2.47. The summed E-state index contributed by atoms with van der Waals surface area (Å²) in [5, 5.41) is 13.8. The van der Waals surface area contributed by atoms with E-state index in [9.17, 15) is 14.4 Å². The van der Waals surface area contributed by atoms with E-state index < -0.39 is 31.0 Å². The van der Waals surface area contributed by atoms with Gasteiger partial charge in [0.25, 0.3) is 0 Å². The first-order valence-electron chi connectivity index (χ1n) is 5.77. The maximum absolute atomic E-state index is 11.9. The number of aryl methyl sites for hydroxylation is 1. The van der Waals surface area contributed by atoms with E-state index >= 15 is 0 Å². The van der Waals surface area contributed by atoms with Crippen molar-refractivity contribution in [2.45, 2.75) is 19.9 Å². The van der Waals surface area contributed by atoms with Crippen molar-refractivity contribution in [1.29, 1.82) is 0 Å². The van der Waals surface area contributed by atoms with Crippen LogP contribution >= 0.6 is 11.3 Å². The molecule has 0 fully saturated rings. The summed E-state index contributed by atoms with van der Waals surface area (Å²) in [7, 11) is 0. The maximum Gasteiger partial charge on any atom is 0.323 e. The zero-order chi connectivity index (χ0) is 15.3. The maximum atomic E-state index is 11.9. The van der Waals surface area contributed by atoms with E-state index in [4.69, 9.17) is 10.8 Å². The molecule has 0 spiro atoms. The van der Waals surface area contributed by atoms with Crippen LogP contribution in [0.15, 0.2) is 5.38 Å². The van der Waals surface area contributed by atoms with Gasteiger partial charge in [-0.3, -0.25) is 9.59 Å². The number of carbonyl (C=O) groups is 3. The number of nitrogens with two attached hydrogens (primary N) is 1. The fraction of sp³-hybridized carbons (Fsp3) is 0.455. The van der Waals surface area contributed by atoms with Crippen LogP contribution in [0.3, 0.4) is 0 Å². The highest BCUT2D eigenvalue weighted by Gasteiger charge is 2.21. The number of nitrogens with one attached hydrogen (secondary N) is 1. The summed E-state index contributed by atoms with van der Waals surface area (Å²) in [4.78, 5) is 38.5. The average Bonchev–Trinajstić information content (AvgIpc) is 2.73. The molecule has 4 N–H and O–H groups in total. The van der Waals surface area contributed by atoms with Crippen LogP contribution in [0.25, 0.3) is 0 Å². The van der Waals surface area contributed by atoms with E-state index in [1.165, 1.54) is 11.3 Å². The van der Waals surface area contributed by atoms with Crippen LogP contribution in [0.1, 0.15) is 23.7 Å². The number of aliphatic carboxylic acids is 1. The van der Waals surface area contributed by atoms with Gasteiger partial charge in [-0.2, -0.15) is 0 Å². The quantitative estimate of drug-likeness (QED) is 0.686. The molecule has 0 aliphatic heterocycles. The number of hydrogen-bond acceptors (Lipinski definition) is 5. The Bertz CT molecular complexity index is 500. The summed E-state index contributed by atoms with van der Waals surface area (Å²) in [5.74, 6) is -2.00. The van der Waals surface area contributed by atoms with Crippen LogP contribution in [-0.2, 0) is 9.59 Å². The smallest absolute Gasteiger partial charge is 0.323 e. The predicted molar refractivity (Wildman–Crippen MR) is 72.2 cm³/mol. The van der Waals surface area contributed by atoms with Crippen LogP contribution in [0.5, 0.6) is 0 Å². The summed E-state index contributed by atoms with van der Waals surface area (Å²) >= 11 is 1.39. The van der Waals surface area contributed by atoms with Gasteiger partial charge in [-0.05, 0) is 13.8 Å². The number of aromatic nitrogens is 1. The molecule has 1 aromatic heterocycles. The number of rotatable bonds is 6. The number of carbonyl (C=O) groups excluding carboxylic acids is 2. The lowest BCUT2D eigenvalue weighted by molar-refractivity contribution is -0.137. The molecule has 8 nitrogen and oxygen atoms in total. The molecule has 0 bridgehead atoms. The van der Waals surface area contributed by atoms with E-state index in [1.807, 2.05) is 12.3 Å². The first-order valence-corrected chi connectivity index (χ1v) is 6.65. The summed E-state index contributed by atoms with van der Waals surface area (Å²) in [6, 6.07) is -1.06. The standard InChI is InChI=1S/C11H16N4O4S/c1-6-5-20-10(13-6)7(2)14-11(19)15(3-8(12)16)4-9(17)18/h5,7H,3-4H2,1-2H3,(H2,12,16)(H,14,19)(H,17,18). The van der Waals surface area contributed by atoms with Crippen LogP contribution in [0.4, 0.5) is 4.79 Å². The third kappa shape index (κ3) is 4.84. The zero-order valence-corrected chi connectivity index (χ0v) is 11.9. The van der Waals surface area contributed by atoms with Gasteiger partial charge in [0.1, 0.15) is 18.1 Å². The van der Waals surface area contributed by atoms with Gasteiger partial charge in [0, 0.05) is 11.1 Å². The monoisotopic (exact) mass is 300 g/mol. The highest BCUT2D eigenvalue weighted by molar-refractivity contribution is 7.09. The Morgan fingerprint density at radius 1 is 1.50 bits per heavy atom. The molecular formula is C11H16N4O4S. The lowest BCUT2D eigenvalue weighted by atomic mass is 10.3. The van der Waals surface area contributed by atoms with Crippen LogP contribution in [0.2, 0.25) is 0 Å². The minimum absolute atomic E-state index is 0.384. The van der Waals surface area contributed by atoms with Crippen molar-refractivity contribution in [3.8, 4) is 0 Å². The Morgan fingerprint density at radius 2 is 2.15 bits per heavy atom. The first-order chi connectivity index (χ1) is 9.29. The van der Waals surface area contributed by atoms with E-state index in [0.29, 0.717) is 5.01 Å². The third-order valence-electron chi connectivity index (χ3n) is 2.31. The number of nitrogens with zero attached hydrogens (tertiary/aromatic N) is 2. The molecule has 3 amide bonds. The van der Waals surface area contributed by atoms with Crippen molar-refractivity contribution in [1.82, 2.24) is 15.2 Å². The molecule has 1 aromatic rings. The van der Waals surface area contributed by atoms with E-state index in [2.05, 4.69) is 10.3 Å². The minimum atomic E-state index is -1.22. The van der Waals surface area contributed by atoms with Crippen molar-refractivity contribution < 1.29 is 19.5 Å². The van der Waals surface area contributed by atoms with Crippen molar-refractivity contribution in [3.05, 3.63) is 16.1 Å². The van der Waals surface area contributed by atoms with Gasteiger partial charge in [0.05, 0.1) is 6.04 Å². The second kappa shape index (κ2) is 6.85. The van der Waals surface area contributed by atoms with Gasteiger partial charge in [0.15, 0.2) is 0 Å². The lowest BCUT2D eigenvalue weighted by Gasteiger charge is -2.21. The Kier molecular flexibility index (Phi) is 5.44. The molecule has 0 aliphatic carbocycles. The van der Waals surface area contributed by atoms with E-state index in [-0.39, 0.29) is 6.04 Å². The SMILES string of the molecule is Cc1csc(C(C)NC(=O)N(CC(N)=O)CC(=O)O)n1. The number of amides is 3. The topological polar surface area (TPSA) is 126 Å². The Hall–Kier alpha value is -2.16. The second-order valence-corrected chi connectivity index (χ2v) is 5.10. The molecule has 0 saturated carbocycles. The van der Waals surface area contributed by atoms with Crippen molar-refractivity contribution in [2.75, 3.05) is 13.1 Å². The van der Waals surface area contributed by atoms with Gasteiger partial charge in [-0.25, -0.2) is 9.78 Å². The number of carboxylic acids is 1. The molecular weight excluding hydrogens is 284 g/mol. The zero-order valence-electron chi connectivity index (χ0n) is 11.1. The largest absolute Gasteiger partial charge is 0.480 e. The molecule has 0 radical (unpaired) electrons. The molecule has 1 unspecified atom stereocenters. The van der Waals surface area contributed by atoms with Crippen molar-refractivity contribution in [2.24, 2.45) is 5.73 Å². The fourth-order valence-corrected chi connectivity index (χ4v) is 2.26. The number of urea groups is 1. The second-order valence-electron chi connectivity index (χ2n) is 4.21. The molecule has 0 aromatic carbocycles. The number of hydrogen-bond donors (Lipinski definition) is 3. The van der Waals surface area contributed by atoms with Gasteiger partial charge in [-0.15, -0.1) is 11.3 Å². The van der Waals surface area contributed by atoms with Crippen molar-refractivity contribution in [3.63, 3.8) is 0 Å². The third-order valence-corrected chi connectivity index (χ3v) is 3.45. The Labute approximate surface area is 119 Å². The molecule has 0 aliphatic rings. The number of carboxylic acid groups (broad SMARTS) is 1. The molecule has 110 valence electrons. The van der Waals surface area contributed by atoms with Crippen LogP contribution in [-0.4, -0.2) is 46.0 Å². The Balaban J connectivity index is 2.69. The minimum Gasteiger partial charge on any atom is -0.480 e. The summed E-state index contributed by atoms with van der Waals surface area (Å²) < 4.78 is 0. The van der Waals surface area contributed by atoms with Crippen LogP contribution < -0.4 is 11.1 Å². The highest BCUT2D eigenvalue weighted by atomic mass is 32.1. The molecule has 20 heavy (non-hydrogen) atoms. The normalized spacial score (nSPS) is 11.7. The van der Waals surface area contributed by atoms with E-state index in [0.717, 1.165) is 10.6 Å². The summed E-state index contributed by atoms with van der Waals surface area (Å²) in [5.41, 5.74) is 5.83. The Morgan fingerprint density at radius 3 is 2.60 bits per heavy atom. The molecule has 1 rings (SSSR count). The summed E-state index contributed by atoms with van der Waals surface area (Å²) in [6.07, 6.45) is 0. The van der Waals surface area contributed by atoms with E-state index in [1.54, 1.807) is 6.92 Å². The molecule has 0 saturated heterocycles. The highest BCUT2D eigenvalue weighted by Crippen LogP contribution is 2.17. The predicted octanol–water partition coefficient (Wildman–Crippen LogP) is 0.0940. The van der Waals surface area contributed by atoms with Crippen LogP contribution in [0, 0.1) is 6.92 Å². The van der Waals surface area contributed by atoms with Gasteiger partial charge < -0.3 is 21.1 Å². The fourth-order valence-electron chi connectivity index (χ4n) is 1.46. The average molecular weight is 300 g/mol. The molecule has 1 heterocycles. The number of thiazole rings is 1. The van der Waals surface area contributed by atoms with Gasteiger partial charge in [0.2, 0.25) is 5.91 Å². The van der Waals surface area contributed by atoms with Gasteiger partial charge >= 0.3 is 12.0 Å². The first kappa shape index (κ1) is 15.9. The number of primary amides is 1. The molecule has 9 heteroatoms. The summed E-state index contributed by atoms with van der Waals surface area (Å²) in [6.45, 7) is 2.50. The van der Waals surface area contributed by atoms with Gasteiger partial charge in [-0.1, -0.05) is 0 Å². The molecule has 1 atom stereocenters. The van der Waals surface area contributed by atoms with Crippen molar-refractivity contribution >= 4 is 29.2 Å².